The molecule has 2 rings (SSSR count). The summed E-state index contributed by atoms with van der Waals surface area (Å²) in [4.78, 5) is 25.2. The average Bonchev–Trinajstić information content (AvgIpc) is 2.84. The van der Waals surface area contributed by atoms with Gasteiger partial charge in [-0.3, -0.25) is 9.59 Å². The second-order valence-corrected chi connectivity index (χ2v) is 5.30. The Morgan fingerprint density at radius 1 is 1.45 bits per heavy atom. The molecule has 0 aromatic heterocycles. The van der Waals surface area contributed by atoms with Gasteiger partial charge >= 0.3 is 5.97 Å². The molecule has 114 valence electrons. The topological polar surface area (TPSA) is 85.3 Å². The molecule has 2 fully saturated rings. The van der Waals surface area contributed by atoms with Gasteiger partial charge in [0.05, 0.1) is 25.2 Å². The van der Waals surface area contributed by atoms with E-state index in [1.807, 2.05) is 0 Å². The lowest BCUT2D eigenvalue weighted by Gasteiger charge is -2.33. The molecular weight excluding hydrogens is 266 g/mol. The fourth-order valence-electron chi connectivity index (χ4n) is 2.88. The lowest BCUT2D eigenvalue weighted by Crippen LogP contribution is -2.45. The third-order valence-corrected chi connectivity index (χ3v) is 4.14. The van der Waals surface area contributed by atoms with Crippen molar-refractivity contribution in [1.82, 2.24) is 4.90 Å². The minimum absolute atomic E-state index is 0.0351. The number of likely N-dealkylation sites (tertiary alicyclic amines) is 1. The molecule has 0 aliphatic carbocycles. The van der Waals surface area contributed by atoms with Crippen molar-refractivity contribution < 1.29 is 28.9 Å². The number of hydrogen-bond donors (Lipinski definition) is 1. The van der Waals surface area contributed by atoms with Crippen LogP contribution in [0.2, 0.25) is 0 Å². The summed E-state index contributed by atoms with van der Waals surface area (Å²) >= 11 is 0. The normalized spacial score (nSPS) is 29.2. The number of methoxy groups -OCH3 is 1. The summed E-state index contributed by atoms with van der Waals surface area (Å²) in [5.74, 6) is -1.13. The Labute approximate surface area is 117 Å². The van der Waals surface area contributed by atoms with Crippen molar-refractivity contribution in [2.75, 3.05) is 53.2 Å². The van der Waals surface area contributed by atoms with Crippen LogP contribution in [-0.4, -0.2) is 75.1 Å². The maximum absolute atomic E-state index is 12.0. The molecular formula is C13H21NO6. The number of rotatable bonds is 6. The molecule has 7 heteroatoms. The van der Waals surface area contributed by atoms with Gasteiger partial charge in [-0.05, 0) is 6.42 Å². The second kappa shape index (κ2) is 6.51. The van der Waals surface area contributed by atoms with Gasteiger partial charge in [0.25, 0.3) is 0 Å². The Morgan fingerprint density at radius 3 is 2.90 bits per heavy atom. The lowest BCUT2D eigenvalue weighted by atomic mass is 9.74. The SMILES string of the molecule is COCCOCC(=O)N1C[C@H]2COCC[C@@]2(C(=O)O)C1. The van der Waals surface area contributed by atoms with Crippen molar-refractivity contribution in [2.24, 2.45) is 11.3 Å². The van der Waals surface area contributed by atoms with Crippen LogP contribution in [0.25, 0.3) is 0 Å². The van der Waals surface area contributed by atoms with Crippen LogP contribution in [-0.2, 0) is 23.8 Å². The number of nitrogens with zero attached hydrogens (tertiary/aromatic N) is 1. The first kappa shape index (κ1) is 15.2. The van der Waals surface area contributed by atoms with Gasteiger partial charge in [0.1, 0.15) is 6.61 Å². The molecule has 7 nitrogen and oxygen atoms in total. The number of carboxylic acid groups (broad SMARTS) is 1. The number of amides is 1. The highest BCUT2D eigenvalue weighted by molar-refractivity contribution is 5.81. The number of carbonyl (C=O) groups excluding carboxylic acids is 1. The van der Waals surface area contributed by atoms with Gasteiger partial charge in [0.15, 0.2) is 0 Å². The molecule has 20 heavy (non-hydrogen) atoms. The summed E-state index contributed by atoms with van der Waals surface area (Å²) < 4.78 is 15.4. The molecule has 1 N–H and O–H groups in total. The summed E-state index contributed by atoms with van der Waals surface area (Å²) in [5, 5.41) is 9.50. The Kier molecular flexibility index (Phi) is 4.95. The first-order valence-electron chi connectivity index (χ1n) is 6.76. The van der Waals surface area contributed by atoms with E-state index < -0.39 is 11.4 Å². The summed E-state index contributed by atoms with van der Waals surface area (Å²) in [6.07, 6.45) is 0.460. The van der Waals surface area contributed by atoms with Crippen LogP contribution in [0.15, 0.2) is 0 Å². The van der Waals surface area contributed by atoms with E-state index in [0.29, 0.717) is 39.4 Å². The molecule has 1 amide bonds. The number of aliphatic carboxylic acids is 1. The zero-order chi connectivity index (χ0) is 14.6. The average molecular weight is 287 g/mol. The quantitative estimate of drug-likeness (QED) is 0.669. The third-order valence-electron chi connectivity index (χ3n) is 4.14. The highest BCUT2D eigenvalue weighted by Gasteiger charge is 2.54. The summed E-state index contributed by atoms with van der Waals surface area (Å²) in [5.41, 5.74) is -0.847. The van der Waals surface area contributed by atoms with Crippen LogP contribution in [0.3, 0.4) is 0 Å². The third kappa shape index (κ3) is 2.94. The predicted molar refractivity (Wildman–Crippen MR) is 68.3 cm³/mol. The minimum atomic E-state index is -0.847. The van der Waals surface area contributed by atoms with Gasteiger partial charge in [0, 0.05) is 32.7 Å². The summed E-state index contributed by atoms with van der Waals surface area (Å²) in [6, 6.07) is 0. The molecule has 2 saturated heterocycles. The summed E-state index contributed by atoms with van der Waals surface area (Å²) in [6.45, 7) is 2.28. The molecule has 0 bridgehead atoms. The largest absolute Gasteiger partial charge is 0.481 e. The lowest BCUT2D eigenvalue weighted by molar-refractivity contribution is -0.157. The molecule has 0 radical (unpaired) electrons. The first-order chi connectivity index (χ1) is 9.60. The van der Waals surface area contributed by atoms with Crippen molar-refractivity contribution in [3.63, 3.8) is 0 Å². The Hall–Kier alpha value is -1.18. The Bertz CT molecular complexity index is 374. The highest BCUT2D eigenvalue weighted by Crippen LogP contribution is 2.42. The number of carbonyl (C=O) groups is 2. The smallest absolute Gasteiger partial charge is 0.311 e. The maximum atomic E-state index is 12.0. The van der Waals surface area contributed by atoms with Gasteiger partial charge in [0.2, 0.25) is 5.91 Å². The fourth-order valence-corrected chi connectivity index (χ4v) is 2.88. The second-order valence-electron chi connectivity index (χ2n) is 5.30. The fraction of sp³-hybridized carbons (Fsp3) is 0.846. The van der Waals surface area contributed by atoms with Gasteiger partial charge in [-0.2, -0.15) is 0 Å². The minimum Gasteiger partial charge on any atom is -0.481 e. The van der Waals surface area contributed by atoms with E-state index in [-0.39, 0.29) is 25.0 Å². The van der Waals surface area contributed by atoms with Gasteiger partial charge < -0.3 is 24.2 Å². The molecule has 2 heterocycles. The van der Waals surface area contributed by atoms with Crippen LogP contribution < -0.4 is 0 Å². The molecule has 0 aromatic carbocycles. The number of hydrogen-bond acceptors (Lipinski definition) is 5. The number of carboxylic acids is 1. The monoisotopic (exact) mass is 287 g/mol. The van der Waals surface area contributed by atoms with Crippen LogP contribution in [0.1, 0.15) is 6.42 Å². The molecule has 2 atom stereocenters. The van der Waals surface area contributed by atoms with E-state index in [4.69, 9.17) is 14.2 Å². The Morgan fingerprint density at radius 2 is 2.25 bits per heavy atom. The van der Waals surface area contributed by atoms with Crippen molar-refractivity contribution >= 4 is 11.9 Å². The maximum Gasteiger partial charge on any atom is 0.311 e. The molecule has 0 saturated carbocycles. The van der Waals surface area contributed by atoms with E-state index in [2.05, 4.69) is 0 Å². The molecule has 2 aliphatic heterocycles. The number of ether oxygens (including phenoxy) is 3. The van der Waals surface area contributed by atoms with Gasteiger partial charge in [-0.25, -0.2) is 0 Å². The Balaban J connectivity index is 1.92. The van der Waals surface area contributed by atoms with Crippen molar-refractivity contribution in [2.45, 2.75) is 6.42 Å². The van der Waals surface area contributed by atoms with Crippen molar-refractivity contribution in [3.05, 3.63) is 0 Å². The zero-order valence-electron chi connectivity index (χ0n) is 11.7. The van der Waals surface area contributed by atoms with E-state index in [0.717, 1.165) is 0 Å². The predicted octanol–water partition coefficient (Wildman–Crippen LogP) is -0.401. The molecule has 0 unspecified atom stereocenters. The van der Waals surface area contributed by atoms with Gasteiger partial charge in [-0.1, -0.05) is 0 Å². The van der Waals surface area contributed by atoms with Crippen LogP contribution in [0, 0.1) is 11.3 Å². The zero-order valence-corrected chi connectivity index (χ0v) is 11.7. The van der Waals surface area contributed by atoms with E-state index in [9.17, 15) is 14.7 Å². The summed E-state index contributed by atoms with van der Waals surface area (Å²) in [7, 11) is 1.56. The van der Waals surface area contributed by atoms with Gasteiger partial charge in [-0.15, -0.1) is 0 Å². The van der Waals surface area contributed by atoms with Crippen LogP contribution >= 0.6 is 0 Å². The van der Waals surface area contributed by atoms with Crippen LogP contribution in [0.4, 0.5) is 0 Å². The molecule has 0 aromatic rings. The van der Waals surface area contributed by atoms with Crippen LogP contribution in [0.5, 0.6) is 0 Å². The first-order valence-corrected chi connectivity index (χ1v) is 6.76. The number of fused-ring (bicyclic) bond motifs is 1. The van der Waals surface area contributed by atoms with E-state index >= 15 is 0 Å². The molecule has 2 aliphatic rings. The van der Waals surface area contributed by atoms with Crippen molar-refractivity contribution in [1.29, 1.82) is 0 Å². The highest BCUT2D eigenvalue weighted by atomic mass is 16.5. The van der Waals surface area contributed by atoms with Crippen molar-refractivity contribution in [3.8, 4) is 0 Å². The van der Waals surface area contributed by atoms with E-state index in [1.54, 1.807) is 12.0 Å². The van der Waals surface area contributed by atoms with E-state index in [1.165, 1.54) is 0 Å². The molecule has 0 spiro atoms. The standard InChI is InChI=1S/C13H21NO6/c1-18-4-5-20-8-11(15)14-6-10-7-19-3-2-13(10,9-14)12(16)17/h10H,2-9H2,1H3,(H,16,17)/t10-,13+/m0/s1.